The van der Waals surface area contributed by atoms with Gasteiger partial charge in [-0.2, -0.15) is 0 Å². The molecular weight excluding hydrogens is 208 g/mol. The van der Waals surface area contributed by atoms with Crippen molar-refractivity contribution in [2.75, 3.05) is 0 Å². The van der Waals surface area contributed by atoms with Crippen LogP contribution in [0.25, 0.3) is 0 Å². The fourth-order valence-corrected chi connectivity index (χ4v) is 2.26. The highest BCUT2D eigenvalue weighted by atomic mass is 16.5. The first-order valence-electron chi connectivity index (χ1n) is 6.67. The molecule has 1 fully saturated rings. The molecule has 94 valence electrons. The summed E-state index contributed by atoms with van der Waals surface area (Å²) in [5, 5.41) is 0. The third kappa shape index (κ3) is 2.48. The van der Waals surface area contributed by atoms with Crippen LogP contribution in [0.2, 0.25) is 0 Å². The van der Waals surface area contributed by atoms with E-state index in [0.717, 1.165) is 12.2 Å². The van der Waals surface area contributed by atoms with E-state index in [0.29, 0.717) is 0 Å². The third-order valence-electron chi connectivity index (χ3n) is 3.79. The van der Waals surface area contributed by atoms with Gasteiger partial charge in [-0.1, -0.05) is 45.9 Å². The van der Waals surface area contributed by atoms with E-state index in [1.54, 1.807) is 0 Å². The molecule has 17 heavy (non-hydrogen) atoms. The predicted molar refractivity (Wildman–Crippen MR) is 72.8 cm³/mol. The van der Waals surface area contributed by atoms with E-state index in [2.05, 4.69) is 52.8 Å². The minimum atomic E-state index is 0.144. The van der Waals surface area contributed by atoms with Gasteiger partial charge in [0.2, 0.25) is 0 Å². The van der Waals surface area contributed by atoms with Crippen LogP contribution in [-0.2, 0) is 5.41 Å². The van der Waals surface area contributed by atoms with Crippen molar-refractivity contribution in [1.29, 1.82) is 0 Å². The molecule has 1 aliphatic carbocycles. The first-order valence-corrected chi connectivity index (χ1v) is 6.67. The van der Waals surface area contributed by atoms with E-state index >= 15 is 0 Å². The third-order valence-corrected chi connectivity index (χ3v) is 3.79. The van der Waals surface area contributed by atoms with Crippen molar-refractivity contribution in [3.8, 4) is 5.75 Å². The van der Waals surface area contributed by atoms with Crippen LogP contribution in [0.5, 0.6) is 5.75 Å². The summed E-state index contributed by atoms with van der Waals surface area (Å²) in [5.74, 6) is 1.12. The van der Waals surface area contributed by atoms with Crippen LogP contribution >= 0.6 is 0 Å². The van der Waals surface area contributed by atoms with Crippen molar-refractivity contribution in [3.63, 3.8) is 0 Å². The first kappa shape index (κ1) is 12.5. The maximum absolute atomic E-state index is 6.35. The van der Waals surface area contributed by atoms with Gasteiger partial charge >= 0.3 is 0 Å². The lowest BCUT2D eigenvalue weighted by atomic mass is 9.85. The van der Waals surface area contributed by atoms with E-state index in [9.17, 15) is 0 Å². The Bertz CT molecular complexity index is 408. The second-order valence-corrected chi connectivity index (χ2v) is 6.34. The molecule has 0 N–H and O–H groups in total. The van der Waals surface area contributed by atoms with Crippen molar-refractivity contribution in [3.05, 3.63) is 29.3 Å². The zero-order chi connectivity index (χ0) is 12.7. The Morgan fingerprint density at radius 2 is 1.88 bits per heavy atom. The molecule has 0 bridgehead atoms. The Morgan fingerprint density at radius 1 is 1.24 bits per heavy atom. The molecule has 1 aliphatic rings. The smallest absolute Gasteiger partial charge is 0.126 e. The van der Waals surface area contributed by atoms with E-state index in [1.165, 1.54) is 24.0 Å². The Hall–Kier alpha value is -0.980. The van der Waals surface area contributed by atoms with Crippen LogP contribution in [0.15, 0.2) is 18.2 Å². The minimum Gasteiger partial charge on any atom is -0.487 e. The average molecular weight is 232 g/mol. The number of ether oxygens (including phenoxy) is 1. The Morgan fingerprint density at radius 3 is 2.35 bits per heavy atom. The molecule has 1 aromatic rings. The summed E-state index contributed by atoms with van der Waals surface area (Å²) in [6.45, 7) is 11.1. The standard InChI is InChI=1S/C16H24O/c1-6-16(10-11-16)17-14-12(2)8-7-9-13(14)15(3,4)5/h7-9H,6,10-11H2,1-5H3. The molecule has 0 radical (unpaired) electrons. The first-order chi connectivity index (χ1) is 7.88. The molecule has 0 spiro atoms. The van der Waals surface area contributed by atoms with Gasteiger partial charge in [0.1, 0.15) is 11.4 Å². The van der Waals surface area contributed by atoms with Gasteiger partial charge in [0.25, 0.3) is 0 Å². The highest BCUT2D eigenvalue weighted by Gasteiger charge is 2.44. The number of rotatable bonds is 3. The van der Waals surface area contributed by atoms with Crippen LogP contribution in [0.1, 0.15) is 58.1 Å². The number of hydrogen-bond acceptors (Lipinski definition) is 1. The topological polar surface area (TPSA) is 9.23 Å². The monoisotopic (exact) mass is 232 g/mol. The molecular formula is C16H24O. The van der Waals surface area contributed by atoms with Crippen LogP contribution in [0.3, 0.4) is 0 Å². The molecule has 1 nitrogen and oxygen atoms in total. The molecule has 1 aromatic carbocycles. The van der Waals surface area contributed by atoms with Crippen molar-refractivity contribution >= 4 is 0 Å². The van der Waals surface area contributed by atoms with Crippen LogP contribution in [0.4, 0.5) is 0 Å². The predicted octanol–water partition coefficient (Wildman–Crippen LogP) is 4.61. The summed E-state index contributed by atoms with van der Waals surface area (Å²) in [6.07, 6.45) is 3.54. The summed E-state index contributed by atoms with van der Waals surface area (Å²) in [7, 11) is 0. The second-order valence-electron chi connectivity index (χ2n) is 6.34. The van der Waals surface area contributed by atoms with E-state index in [1.807, 2.05) is 0 Å². The van der Waals surface area contributed by atoms with E-state index in [4.69, 9.17) is 4.74 Å². The zero-order valence-corrected chi connectivity index (χ0v) is 11.8. The van der Waals surface area contributed by atoms with Gasteiger partial charge in [0.15, 0.2) is 0 Å². The van der Waals surface area contributed by atoms with Crippen molar-refractivity contribution < 1.29 is 4.74 Å². The summed E-state index contributed by atoms with van der Waals surface area (Å²) in [5.41, 5.74) is 2.88. The Balaban J connectivity index is 2.38. The van der Waals surface area contributed by atoms with Crippen LogP contribution < -0.4 is 4.74 Å². The second kappa shape index (κ2) is 4.04. The van der Waals surface area contributed by atoms with Crippen LogP contribution in [0, 0.1) is 6.92 Å². The summed E-state index contributed by atoms with van der Waals surface area (Å²) >= 11 is 0. The number of para-hydroxylation sites is 1. The van der Waals surface area contributed by atoms with E-state index < -0.39 is 0 Å². The van der Waals surface area contributed by atoms with Gasteiger partial charge in [-0.25, -0.2) is 0 Å². The average Bonchev–Trinajstić information content (AvgIpc) is 3.00. The zero-order valence-electron chi connectivity index (χ0n) is 11.8. The lowest BCUT2D eigenvalue weighted by molar-refractivity contribution is 0.169. The molecule has 0 saturated heterocycles. The summed E-state index contributed by atoms with van der Waals surface area (Å²) < 4.78 is 6.35. The minimum absolute atomic E-state index is 0.144. The van der Waals surface area contributed by atoms with Gasteiger partial charge in [0.05, 0.1) is 0 Å². The molecule has 0 atom stereocenters. The molecule has 0 aliphatic heterocycles. The van der Waals surface area contributed by atoms with Crippen molar-refractivity contribution in [2.45, 2.75) is 64.9 Å². The number of benzene rings is 1. The number of aryl methyl sites for hydroxylation is 1. The van der Waals surface area contributed by atoms with Gasteiger partial charge in [-0.3, -0.25) is 0 Å². The van der Waals surface area contributed by atoms with Gasteiger partial charge < -0.3 is 4.74 Å². The fraction of sp³-hybridized carbons (Fsp3) is 0.625. The maximum atomic E-state index is 6.35. The van der Waals surface area contributed by atoms with Crippen molar-refractivity contribution in [2.24, 2.45) is 0 Å². The van der Waals surface area contributed by atoms with Crippen LogP contribution in [-0.4, -0.2) is 5.60 Å². The normalized spacial score (nSPS) is 17.9. The van der Waals surface area contributed by atoms with Gasteiger partial charge in [-0.05, 0) is 42.7 Å². The SMILES string of the molecule is CCC1(Oc2c(C)cccc2C(C)(C)C)CC1. The summed E-state index contributed by atoms with van der Waals surface area (Å²) in [6, 6.07) is 6.48. The van der Waals surface area contributed by atoms with Gasteiger partial charge in [-0.15, -0.1) is 0 Å². The molecule has 1 saturated carbocycles. The molecule has 2 rings (SSSR count). The Kier molecular flexibility index (Phi) is 2.97. The quantitative estimate of drug-likeness (QED) is 0.739. The van der Waals surface area contributed by atoms with E-state index in [-0.39, 0.29) is 11.0 Å². The number of hydrogen-bond donors (Lipinski definition) is 0. The lowest BCUT2D eigenvalue weighted by Crippen LogP contribution is -2.21. The van der Waals surface area contributed by atoms with Gasteiger partial charge in [0, 0.05) is 0 Å². The largest absolute Gasteiger partial charge is 0.487 e. The molecule has 0 heterocycles. The molecule has 0 aromatic heterocycles. The molecule has 0 amide bonds. The lowest BCUT2D eigenvalue weighted by Gasteiger charge is -2.27. The van der Waals surface area contributed by atoms with Crippen molar-refractivity contribution in [1.82, 2.24) is 0 Å². The molecule has 1 heteroatoms. The fourth-order valence-electron chi connectivity index (χ4n) is 2.26. The summed E-state index contributed by atoms with van der Waals surface area (Å²) in [4.78, 5) is 0. The highest BCUT2D eigenvalue weighted by Crippen LogP contribution is 2.46. The molecule has 0 unspecified atom stereocenters. The maximum Gasteiger partial charge on any atom is 0.126 e. The Labute approximate surface area is 105 Å². The highest BCUT2D eigenvalue weighted by molar-refractivity contribution is 5.45.